The van der Waals surface area contributed by atoms with Crippen molar-refractivity contribution < 1.29 is 36.5 Å². The van der Waals surface area contributed by atoms with Crippen LogP contribution in [0.4, 0.5) is 29.1 Å². The first-order chi connectivity index (χ1) is 20.6. The molecule has 7 rings (SSSR count). The van der Waals surface area contributed by atoms with Gasteiger partial charge in [0.25, 0.3) is 0 Å². The van der Waals surface area contributed by atoms with E-state index in [1.165, 1.54) is 0 Å². The maximum absolute atomic E-state index is 16.5. The molecule has 0 saturated carbocycles. The molecule has 43 heavy (non-hydrogen) atoms. The summed E-state index contributed by atoms with van der Waals surface area (Å²) in [5.41, 5.74) is 2.95. The third-order valence-corrected chi connectivity index (χ3v) is 9.01. The van der Waals surface area contributed by atoms with Crippen LogP contribution in [0.2, 0.25) is 5.02 Å². The van der Waals surface area contributed by atoms with Gasteiger partial charge in [0.2, 0.25) is 5.88 Å². The fraction of sp³-hybridized carbons (Fsp3) is 0.536. The van der Waals surface area contributed by atoms with Crippen molar-refractivity contribution in [2.45, 2.75) is 49.7 Å². The Balaban J connectivity index is 1.38. The average Bonchev–Trinajstić information content (AvgIpc) is 3.34. The Kier molecular flexibility index (Phi) is 7.14. The van der Waals surface area contributed by atoms with Crippen LogP contribution in [0.15, 0.2) is 12.1 Å². The lowest BCUT2D eigenvalue weighted by molar-refractivity contribution is -0.137. The second-order valence-corrected chi connectivity index (χ2v) is 11.7. The fourth-order valence-corrected chi connectivity index (χ4v) is 6.98. The molecule has 0 radical (unpaired) electrons. The topological polar surface area (TPSA) is 108 Å². The monoisotopic (exact) mass is 624 g/mol. The van der Waals surface area contributed by atoms with Gasteiger partial charge in [-0.15, -0.1) is 0 Å². The second-order valence-electron chi connectivity index (χ2n) is 11.3. The first-order valence-corrected chi connectivity index (χ1v) is 14.5. The first kappa shape index (κ1) is 28.6. The van der Waals surface area contributed by atoms with Crippen LogP contribution in [0.5, 0.6) is 11.9 Å². The molecule has 4 aliphatic rings. The van der Waals surface area contributed by atoms with Gasteiger partial charge in [-0.05, 0) is 31.4 Å². The fourth-order valence-electron chi connectivity index (χ4n) is 6.64. The predicted octanol–water partition coefficient (Wildman–Crippen LogP) is 4.31. The van der Waals surface area contributed by atoms with Gasteiger partial charge in [0.05, 0.1) is 36.4 Å². The number of nitrogen functional groups attached to an aromatic ring is 1. The summed E-state index contributed by atoms with van der Waals surface area (Å²) < 4.78 is 82.7. The van der Waals surface area contributed by atoms with Gasteiger partial charge in [0, 0.05) is 43.5 Å². The standard InChI is InChI=1S/C28H29ClF4N6O4/c1-38-18-4-6-40-12-19(18)43-26-20-24(22(30)23(35-26)16-8-13(34)9-17(29)21(16)28(31,32)33)36-27(37-25(20)38)42-11-15-3-2-14-10-41-7-5-39(14)15/h8-9,14-15,18-19H,2-7,10-12,34H2,1H3/t14-,15-,18-,19-/m0/s1. The van der Waals surface area contributed by atoms with Gasteiger partial charge in [-0.2, -0.15) is 23.1 Å². The van der Waals surface area contributed by atoms with Gasteiger partial charge in [-0.25, -0.2) is 9.37 Å². The SMILES string of the molecule is CN1c2nc(OC[C@@H]3CC[C@H]4COCCN43)nc3c(F)c(-c4cc(N)cc(Cl)c4C(F)(F)F)nc(c23)O[C@H]2COCC[C@@H]21. The highest BCUT2D eigenvalue weighted by Gasteiger charge is 2.41. The maximum atomic E-state index is 16.5. The summed E-state index contributed by atoms with van der Waals surface area (Å²) >= 11 is 6.00. The second kappa shape index (κ2) is 10.8. The summed E-state index contributed by atoms with van der Waals surface area (Å²) in [5, 5.41) is -0.551. The van der Waals surface area contributed by atoms with Gasteiger partial charge in [-0.3, -0.25) is 4.90 Å². The van der Waals surface area contributed by atoms with Crippen LogP contribution in [0.1, 0.15) is 24.8 Å². The van der Waals surface area contributed by atoms with E-state index in [0.29, 0.717) is 38.1 Å². The quantitative estimate of drug-likeness (QED) is 0.333. The van der Waals surface area contributed by atoms with Crippen molar-refractivity contribution in [2.24, 2.45) is 0 Å². The number of nitrogens with zero attached hydrogens (tertiary/aromatic N) is 5. The lowest BCUT2D eigenvalue weighted by Crippen LogP contribution is -2.49. The van der Waals surface area contributed by atoms with Crippen molar-refractivity contribution >= 4 is 34.0 Å². The number of rotatable bonds is 4. The van der Waals surface area contributed by atoms with Gasteiger partial charge in [-0.1, -0.05) is 11.6 Å². The molecule has 4 aliphatic heterocycles. The number of benzene rings is 1. The van der Waals surface area contributed by atoms with E-state index in [0.717, 1.165) is 31.5 Å². The van der Waals surface area contributed by atoms with Crippen molar-refractivity contribution in [1.29, 1.82) is 0 Å². The van der Waals surface area contributed by atoms with Crippen LogP contribution in [-0.2, 0) is 15.7 Å². The Morgan fingerprint density at radius 2 is 1.91 bits per heavy atom. The largest absolute Gasteiger partial charge is 0.469 e. The molecular formula is C28H29ClF4N6O4. The number of anilines is 2. The van der Waals surface area contributed by atoms with Gasteiger partial charge in [0.1, 0.15) is 35.1 Å². The third-order valence-electron chi connectivity index (χ3n) is 8.71. The highest BCUT2D eigenvalue weighted by Crippen LogP contribution is 2.46. The number of aromatic nitrogens is 3. The van der Waals surface area contributed by atoms with E-state index in [-0.39, 0.29) is 53.8 Å². The zero-order valence-electron chi connectivity index (χ0n) is 23.2. The number of pyridine rings is 1. The van der Waals surface area contributed by atoms with Gasteiger partial charge in [0.15, 0.2) is 5.82 Å². The number of morpholine rings is 1. The Labute approximate surface area is 249 Å². The first-order valence-electron chi connectivity index (χ1n) is 14.1. The molecule has 0 bridgehead atoms. The average molecular weight is 625 g/mol. The molecule has 0 amide bonds. The van der Waals surface area contributed by atoms with Gasteiger partial charge < -0.3 is 29.6 Å². The van der Waals surface area contributed by atoms with E-state index in [1.807, 2.05) is 4.90 Å². The summed E-state index contributed by atoms with van der Waals surface area (Å²) in [5.74, 6) is -0.914. The molecule has 2 aromatic heterocycles. The number of nitrogens with two attached hydrogens (primary N) is 1. The van der Waals surface area contributed by atoms with Crippen molar-refractivity contribution in [3.8, 4) is 23.1 Å². The number of fused-ring (bicyclic) bond motifs is 2. The third kappa shape index (κ3) is 4.97. The molecule has 15 heteroatoms. The zero-order valence-corrected chi connectivity index (χ0v) is 23.9. The van der Waals surface area contributed by atoms with Crippen LogP contribution in [0.25, 0.3) is 22.2 Å². The van der Waals surface area contributed by atoms with E-state index in [9.17, 15) is 13.2 Å². The summed E-state index contributed by atoms with van der Waals surface area (Å²) in [7, 11) is 1.80. The Bertz CT molecular complexity index is 1580. The summed E-state index contributed by atoms with van der Waals surface area (Å²) in [6.45, 7) is 3.02. The summed E-state index contributed by atoms with van der Waals surface area (Å²) in [6, 6.07) is 2.06. The van der Waals surface area contributed by atoms with E-state index in [1.54, 1.807) is 7.05 Å². The van der Waals surface area contributed by atoms with Crippen molar-refractivity contribution in [2.75, 3.05) is 57.3 Å². The molecule has 4 atom stereocenters. The number of hydrogen-bond acceptors (Lipinski definition) is 10. The molecule has 0 spiro atoms. The molecule has 0 unspecified atom stereocenters. The molecule has 10 nitrogen and oxygen atoms in total. The van der Waals surface area contributed by atoms with Gasteiger partial charge >= 0.3 is 12.2 Å². The lowest BCUT2D eigenvalue weighted by atomic mass is 10.0. The predicted molar refractivity (Wildman–Crippen MR) is 149 cm³/mol. The number of hydrogen-bond donors (Lipinski definition) is 1. The number of likely N-dealkylation sites (N-methyl/N-ethyl adjacent to an activating group) is 1. The minimum Gasteiger partial charge on any atom is -0.469 e. The van der Waals surface area contributed by atoms with Crippen LogP contribution < -0.4 is 20.1 Å². The Morgan fingerprint density at radius 3 is 2.72 bits per heavy atom. The van der Waals surface area contributed by atoms with E-state index in [2.05, 4.69) is 19.9 Å². The van der Waals surface area contributed by atoms with E-state index in [4.69, 9.17) is 36.3 Å². The molecule has 2 N–H and O–H groups in total. The minimum absolute atomic E-state index is 0.0908. The summed E-state index contributed by atoms with van der Waals surface area (Å²) in [4.78, 5) is 17.5. The number of alkyl halides is 3. The maximum Gasteiger partial charge on any atom is 0.418 e. The minimum atomic E-state index is -4.93. The van der Waals surface area contributed by atoms with Crippen LogP contribution in [0.3, 0.4) is 0 Å². The molecule has 0 aliphatic carbocycles. The van der Waals surface area contributed by atoms with Crippen LogP contribution >= 0.6 is 11.6 Å². The lowest BCUT2D eigenvalue weighted by Gasteiger charge is -2.35. The van der Waals surface area contributed by atoms with Crippen LogP contribution in [-0.4, -0.2) is 90.7 Å². The summed E-state index contributed by atoms with van der Waals surface area (Å²) in [6.07, 6.45) is -3.02. The molecule has 3 saturated heterocycles. The van der Waals surface area contributed by atoms with E-state index < -0.39 is 39.9 Å². The smallest absolute Gasteiger partial charge is 0.418 e. The van der Waals surface area contributed by atoms with E-state index >= 15 is 4.39 Å². The molecular weight excluding hydrogens is 596 g/mol. The molecule has 3 fully saturated rings. The van der Waals surface area contributed by atoms with Crippen molar-refractivity contribution in [3.63, 3.8) is 0 Å². The Morgan fingerprint density at radius 1 is 1.09 bits per heavy atom. The highest BCUT2D eigenvalue weighted by molar-refractivity contribution is 6.32. The number of halogens is 5. The zero-order chi connectivity index (χ0) is 30.0. The van der Waals surface area contributed by atoms with Crippen molar-refractivity contribution in [3.05, 3.63) is 28.5 Å². The van der Waals surface area contributed by atoms with Crippen LogP contribution in [0, 0.1) is 5.82 Å². The molecule has 1 aromatic carbocycles. The number of ether oxygens (including phenoxy) is 4. The molecule has 230 valence electrons. The highest BCUT2D eigenvalue weighted by atomic mass is 35.5. The Hall–Kier alpha value is -3.20. The molecule has 3 aromatic rings. The normalized spacial score (nSPS) is 25.7. The molecule has 6 heterocycles. The van der Waals surface area contributed by atoms with Crippen molar-refractivity contribution in [1.82, 2.24) is 19.9 Å².